The second-order valence-electron chi connectivity index (χ2n) is 8.27. The zero-order chi connectivity index (χ0) is 26.2. The summed E-state index contributed by atoms with van der Waals surface area (Å²) in [5.74, 6) is -6.14. The first-order valence-corrected chi connectivity index (χ1v) is 11.5. The Bertz CT molecular complexity index is 1240. The molecule has 1 unspecified atom stereocenters. The van der Waals surface area contributed by atoms with Crippen molar-refractivity contribution in [2.75, 3.05) is 29.0 Å². The number of carbonyl (C=O) groups is 1. The highest BCUT2D eigenvalue weighted by Crippen LogP contribution is 2.36. The number of alkyl halides is 4. The molecule has 1 aromatic carbocycles. The minimum atomic E-state index is -3.21. The fourth-order valence-electron chi connectivity index (χ4n) is 3.96. The van der Waals surface area contributed by atoms with E-state index in [0.29, 0.717) is 11.3 Å². The van der Waals surface area contributed by atoms with Gasteiger partial charge in [0.05, 0.1) is 18.3 Å². The average molecular weight is 534 g/mol. The number of nitrogens with one attached hydrogen (secondary N) is 1. The Balaban J connectivity index is 1.67. The summed E-state index contributed by atoms with van der Waals surface area (Å²) < 4.78 is 84.3. The second-order valence-corrected chi connectivity index (χ2v) is 9.30. The van der Waals surface area contributed by atoms with E-state index in [0.717, 1.165) is 34.0 Å². The lowest BCUT2D eigenvalue weighted by atomic mass is 10.1. The average Bonchev–Trinajstić information content (AvgIpc) is 3.29. The van der Waals surface area contributed by atoms with E-state index in [-0.39, 0.29) is 40.2 Å². The predicted molar refractivity (Wildman–Crippen MR) is 122 cm³/mol. The van der Waals surface area contributed by atoms with Crippen LogP contribution in [0.25, 0.3) is 10.6 Å². The fraction of sp³-hybridized carbons (Fsp3) is 0.381. The van der Waals surface area contributed by atoms with Crippen LogP contribution in [0.1, 0.15) is 23.3 Å². The summed E-state index contributed by atoms with van der Waals surface area (Å²) in [6.45, 7) is -1.73. The molecule has 0 radical (unpaired) electrons. The maximum Gasteiger partial charge on any atom is 0.277 e. The number of benzene rings is 1. The molecule has 0 saturated carbocycles. The Kier molecular flexibility index (Phi) is 7.13. The summed E-state index contributed by atoms with van der Waals surface area (Å²) in [4.78, 5) is 18.0. The lowest BCUT2D eigenvalue weighted by Gasteiger charge is -2.27. The van der Waals surface area contributed by atoms with Gasteiger partial charge in [0.2, 0.25) is 0 Å². The van der Waals surface area contributed by atoms with Gasteiger partial charge in [-0.3, -0.25) is 4.79 Å². The maximum absolute atomic E-state index is 14.4. The third-order valence-electron chi connectivity index (χ3n) is 5.47. The molecule has 194 valence electrons. The molecule has 15 heteroatoms. The zero-order valence-corrected chi connectivity index (χ0v) is 19.3. The first-order chi connectivity index (χ1) is 16.9. The number of hydrogen-bond acceptors (Lipinski definition) is 7. The minimum Gasteiger partial charge on any atom is -0.389 e. The Morgan fingerprint density at radius 3 is 2.64 bits per heavy atom. The van der Waals surface area contributed by atoms with E-state index in [1.165, 1.54) is 0 Å². The number of amides is 1. The topological polar surface area (TPSA) is 115 Å². The molecule has 5 N–H and O–H groups in total. The van der Waals surface area contributed by atoms with Gasteiger partial charge in [0.1, 0.15) is 33.9 Å². The van der Waals surface area contributed by atoms with Gasteiger partial charge in [-0.2, -0.15) is 5.10 Å². The Morgan fingerprint density at radius 2 is 1.97 bits per heavy atom. The normalized spacial score (nSPS) is 17.9. The van der Waals surface area contributed by atoms with Crippen molar-refractivity contribution < 1.29 is 31.1 Å². The first kappa shape index (κ1) is 25.8. The lowest BCUT2D eigenvalue weighted by molar-refractivity contribution is -0.000600. The van der Waals surface area contributed by atoms with E-state index in [1.54, 1.807) is 0 Å². The highest BCUT2D eigenvalue weighted by molar-refractivity contribution is 7.19. The number of hydrogen-bond donors (Lipinski definition) is 3. The molecule has 3 aromatic rings. The molecule has 36 heavy (non-hydrogen) atoms. The number of halogens is 6. The summed E-state index contributed by atoms with van der Waals surface area (Å²) in [5.41, 5.74) is 10.6. The molecule has 2 aromatic heterocycles. The summed E-state index contributed by atoms with van der Waals surface area (Å²) in [7, 11) is 0. The van der Waals surface area contributed by atoms with E-state index >= 15 is 0 Å². The number of nitrogens with two attached hydrogens (primary N) is 2. The van der Waals surface area contributed by atoms with E-state index in [9.17, 15) is 31.1 Å². The third-order valence-corrected chi connectivity index (χ3v) is 6.37. The zero-order valence-electron chi connectivity index (χ0n) is 18.5. The standard InChI is InChI=1S/C21H21F6N7OS/c22-11-2-1-3-12(23)15(11)19-32-16(17(29)36-19)18(35)31-13-7-30-34(8-14(24)25)20(13)33-5-4-10(28)6-21(26,27)9-33/h1-3,7,10,14H,4-6,8-9,28-29H2,(H,31,35). The van der Waals surface area contributed by atoms with Crippen molar-refractivity contribution in [1.29, 1.82) is 0 Å². The number of carbonyl (C=O) groups excluding carboxylic acids is 1. The van der Waals surface area contributed by atoms with Gasteiger partial charge in [-0.1, -0.05) is 17.4 Å². The van der Waals surface area contributed by atoms with Crippen molar-refractivity contribution in [1.82, 2.24) is 14.8 Å². The molecule has 1 saturated heterocycles. The van der Waals surface area contributed by atoms with Crippen molar-refractivity contribution in [3.8, 4) is 10.6 Å². The van der Waals surface area contributed by atoms with Crippen LogP contribution in [0.3, 0.4) is 0 Å². The van der Waals surface area contributed by atoms with E-state index in [4.69, 9.17) is 11.5 Å². The summed E-state index contributed by atoms with van der Waals surface area (Å²) >= 11 is 0.666. The first-order valence-electron chi connectivity index (χ1n) is 10.7. The van der Waals surface area contributed by atoms with Crippen molar-refractivity contribution in [2.24, 2.45) is 5.73 Å². The van der Waals surface area contributed by atoms with Crippen molar-refractivity contribution in [3.05, 3.63) is 41.7 Å². The summed E-state index contributed by atoms with van der Waals surface area (Å²) in [6, 6.07) is 2.39. The number of thiazole rings is 1. The van der Waals surface area contributed by atoms with Gasteiger partial charge in [-0.15, -0.1) is 0 Å². The van der Waals surface area contributed by atoms with Gasteiger partial charge in [0.15, 0.2) is 11.5 Å². The Morgan fingerprint density at radius 1 is 1.28 bits per heavy atom. The summed E-state index contributed by atoms with van der Waals surface area (Å²) in [5, 5.41) is 5.87. The monoisotopic (exact) mass is 533 g/mol. The van der Waals surface area contributed by atoms with Gasteiger partial charge in [-0.05, 0) is 18.6 Å². The number of nitrogen functional groups attached to an aromatic ring is 1. The molecule has 1 aliphatic rings. The predicted octanol–water partition coefficient (Wildman–Crippen LogP) is 3.95. The maximum atomic E-state index is 14.4. The van der Waals surface area contributed by atoms with Crippen molar-refractivity contribution in [3.63, 3.8) is 0 Å². The SMILES string of the molecule is Nc1sc(-c2c(F)cccc2F)nc1C(=O)Nc1cnn(CC(F)F)c1N1CCC(N)CC(F)(F)C1. The van der Waals surface area contributed by atoms with E-state index < -0.39 is 61.0 Å². The number of aromatic nitrogens is 3. The van der Waals surface area contributed by atoms with Crippen LogP contribution in [0.4, 0.5) is 42.8 Å². The molecular formula is C21H21F6N7OS. The van der Waals surface area contributed by atoms with Crippen LogP contribution in [0.2, 0.25) is 0 Å². The number of anilines is 3. The summed E-state index contributed by atoms with van der Waals surface area (Å²) in [6.07, 6.45) is -2.24. The van der Waals surface area contributed by atoms with Crippen LogP contribution in [-0.2, 0) is 6.54 Å². The smallest absolute Gasteiger partial charge is 0.277 e. The van der Waals surface area contributed by atoms with Crippen LogP contribution in [0.15, 0.2) is 24.4 Å². The quantitative estimate of drug-likeness (QED) is 0.414. The largest absolute Gasteiger partial charge is 0.389 e. The van der Waals surface area contributed by atoms with Gasteiger partial charge in [-0.25, -0.2) is 36.0 Å². The van der Waals surface area contributed by atoms with E-state index in [2.05, 4.69) is 15.4 Å². The third kappa shape index (κ3) is 5.41. The Hall–Kier alpha value is -3.33. The van der Waals surface area contributed by atoms with Gasteiger partial charge < -0.3 is 21.7 Å². The van der Waals surface area contributed by atoms with Crippen LogP contribution in [-0.4, -0.2) is 52.2 Å². The molecule has 1 aliphatic heterocycles. The molecule has 1 atom stereocenters. The molecule has 0 bridgehead atoms. The van der Waals surface area contributed by atoms with Crippen LogP contribution in [0, 0.1) is 11.6 Å². The van der Waals surface area contributed by atoms with Gasteiger partial charge in [0.25, 0.3) is 18.3 Å². The molecule has 8 nitrogen and oxygen atoms in total. The minimum absolute atomic E-state index is 0.00407. The van der Waals surface area contributed by atoms with Gasteiger partial charge in [0, 0.05) is 19.0 Å². The molecule has 0 spiro atoms. The number of rotatable bonds is 6. The van der Waals surface area contributed by atoms with Crippen molar-refractivity contribution >= 4 is 33.8 Å². The van der Waals surface area contributed by atoms with Crippen LogP contribution in [0.5, 0.6) is 0 Å². The van der Waals surface area contributed by atoms with Crippen LogP contribution >= 0.6 is 11.3 Å². The molecule has 1 fully saturated rings. The molecule has 0 aliphatic carbocycles. The number of nitrogens with zero attached hydrogens (tertiary/aromatic N) is 4. The van der Waals surface area contributed by atoms with Gasteiger partial charge >= 0.3 is 0 Å². The Labute approximate surface area is 204 Å². The molecule has 4 rings (SSSR count). The fourth-order valence-corrected chi connectivity index (χ4v) is 4.84. The highest BCUT2D eigenvalue weighted by Gasteiger charge is 2.39. The van der Waals surface area contributed by atoms with Crippen molar-refractivity contribution in [2.45, 2.75) is 37.8 Å². The van der Waals surface area contributed by atoms with E-state index in [1.807, 2.05) is 0 Å². The highest BCUT2D eigenvalue weighted by atomic mass is 32.1. The molecule has 1 amide bonds. The van der Waals surface area contributed by atoms with Crippen LogP contribution < -0.4 is 21.7 Å². The molecular weight excluding hydrogens is 512 g/mol. The second kappa shape index (κ2) is 9.97. The lowest BCUT2D eigenvalue weighted by Crippen LogP contribution is -2.37. The molecule has 3 heterocycles.